The molecule has 0 aromatic heterocycles. The topological polar surface area (TPSA) is 92.8 Å². The van der Waals surface area contributed by atoms with Gasteiger partial charge in [-0.1, -0.05) is 15.9 Å². The summed E-state index contributed by atoms with van der Waals surface area (Å²) < 4.78 is 39.9. The van der Waals surface area contributed by atoms with Gasteiger partial charge in [-0.3, -0.25) is 0 Å². The van der Waals surface area contributed by atoms with Crippen molar-refractivity contribution in [1.82, 2.24) is 0 Å². The van der Waals surface area contributed by atoms with Gasteiger partial charge in [0.2, 0.25) is 0 Å². The number of rotatable bonds is 3. The van der Waals surface area contributed by atoms with Crippen LogP contribution in [0, 0.1) is 0 Å². The van der Waals surface area contributed by atoms with Gasteiger partial charge in [-0.2, -0.15) is 0 Å². The van der Waals surface area contributed by atoms with Gasteiger partial charge >= 0.3 is 12.3 Å². The number of anilines is 1. The molecule has 1 atom stereocenters. The number of aliphatic hydroxyl groups excluding tert-OH is 1. The maximum absolute atomic E-state index is 12.1. The van der Waals surface area contributed by atoms with E-state index in [1.54, 1.807) is 0 Å². The first-order valence-electron chi connectivity index (χ1n) is 4.37. The molecular formula is C9H7BrF3NO4. The van der Waals surface area contributed by atoms with Crippen molar-refractivity contribution in [2.45, 2.75) is 12.5 Å². The van der Waals surface area contributed by atoms with Gasteiger partial charge in [0.1, 0.15) is 0 Å². The van der Waals surface area contributed by atoms with Crippen LogP contribution in [0.5, 0.6) is 5.75 Å². The molecule has 0 fully saturated rings. The fourth-order valence-corrected chi connectivity index (χ4v) is 1.64. The van der Waals surface area contributed by atoms with Gasteiger partial charge in [-0.25, -0.2) is 4.79 Å². The van der Waals surface area contributed by atoms with Gasteiger partial charge in [-0.05, 0) is 12.1 Å². The molecule has 0 radical (unpaired) electrons. The summed E-state index contributed by atoms with van der Waals surface area (Å²) in [6.07, 6.45) is -7.02. The number of nitrogens with two attached hydrogens (primary N) is 1. The first-order valence-corrected chi connectivity index (χ1v) is 5.16. The van der Waals surface area contributed by atoms with Crippen molar-refractivity contribution in [3.63, 3.8) is 0 Å². The molecule has 0 spiro atoms. The summed E-state index contributed by atoms with van der Waals surface area (Å²) in [5.74, 6) is -2.43. The van der Waals surface area contributed by atoms with Crippen LogP contribution in [0.3, 0.4) is 0 Å². The molecule has 1 aromatic carbocycles. The summed E-state index contributed by atoms with van der Waals surface area (Å²) in [5, 5.41) is 17.9. The second-order valence-corrected chi connectivity index (χ2v) is 4.11. The molecule has 1 aromatic rings. The number of carboxylic acids is 1. The SMILES string of the molecule is Nc1c(OC(F)(F)F)cc(Br)cc1C(O)C(=O)O. The lowest BCUT2D eigenvalue weighted by Crippen LogP contribution is -2.19. The van der Waals surface area contributed by atoms with Crippen molar-refractivity contribution in [1.29, 1.82) is 0 Å². The van der Waals surface area contributed by atoms with Crippen LogP contribution in [0.25, 0.3) is 0 Å². The first kappa shape index (κ1) is 14.6. The summed E-state index contributed by atoms with van der Waals surface area (Å²) >= 11 is 2.87. The van der Waals surface area contributed by atoms with Crippen LogP contribution in [0.15, 0.2) is 16.6 Å². The summed E-state index contributed by atoms with van der Waals surface area (Å²) in [4.78, 5) is 10.6. The van der Waals surface area contributed by atoms with Crippen molar-refractivity contribution < 1.29 is 32.9 Å². The van der Waals surface area contributed by atoms with E-state index < -0.39 is 35.4 Å². The highest BCUT2D eigenvalue weighted by Crippen LogP contribution is 2.36. The van der Waals surface area contributed by atoms with Gasteiger partial charge in [0, 0.05) is 10.0 Å². The molecule has 0 heterocycles. The number of benzene rings is 1. The van der Waals surface area contributed by atoms with Crippen LogP contribution in [0.1, 0.15) is 11.7 Å². The number of aliphatic carboxylic acids is 1. The fraction of sp³-hybridized carbons (Fsp3) is 0.222. The number of alkyl halides is 3. The predicted octanol–water partition coefficient (Wildman–Crippen LogP) is 2.05. The fourth-order valence-electron chi connectivity index (χ4n) is 1.18. The Hall–Kier alpha value is -1.48. The van der Waals surface area contributed by atoms with Gasteiger partial charge in [0.05, 0.1) is 5.69 Å². The van der Waals surface area contributed by atoms with E-state index in [2.05, 4.69) is 20.7 Å². The minimum atomic E-state index is -4.97. The molecule has 0 aliphatic carbocycles. The highest BCUT2D eigenvalue weighted by atomic mass is 79.9. The second kappa shape index (κ2) is 5.02. The molecule has 100 valence electrons. The number of carbonyl (C=O) groups is 1. The zero-order chi connectivity index (χ0) is 14.1. The van der Waals surface area contributed by atoms with E-state index in [-0.39, 0.29) is 4.47 Å². The predicted molar refractivity (Wildman–Crippen MR) is 57.8 cm³/mol. The molecule has 5 nitrogen and oxygen atoms in total. The third kappa shape index (κ3) is 3.50. The largest absolute Gasteiger partial charge is 0.573 e. The zero-order valence-electron chi connectivity index (χ0n) is 8.53. The first-order chi connectivity index (χ1) is 8.11. The van der Waals surface area contributed by atoms with E-state index in [9.17, 15) is 23.1 Å². The lowest BCUT2D eigenvalue weighted by atomic mass is 10.1. The minimum Gasteiger partial charge on any atom is -0.479 e. The normalized spacial score (nSPS) is 13.2. The van der Waals surface area contributed by atoms with E-state index in [4.69, 9.17) is 10.8 Å². The molecule has 1 unspecified atom stereocenters. The number of ether oxygens (including phenoxy) is 1. The molecule has 0 aliphatic rings. The number of halogens is 4. The lowest BCUT2D eigenvalue weighted by Gasteiger charge is -2.16. The van der Waals surface area contributed by atoms with Crippen LogP contribution in [-0.2, 0) is 4.79 Å². The monoisotopic (exact) mass is 329 g/mol. The summed E-state index contributed by atoms with van der Waals surface area (Å²) in [6.45, 7) is 0. The molecule has 0 saturated heterocycles. The maximum Gasteiger partial charge on any atom is 0.573 e. The number of nitrogen functional groups attached to an aromatic ring is 1. The highest BCUT2D eigenvalue weighted by molar-refractivity contribution is 9.10. The smallest absolute Gasteiger partial charge is 0.479 e. The van der Waals surface area contributed by atoms with E-state index >= 15 is 0 Å². The van der Waals surface area contributed by atoms with Crippen molar-refractivity contribution >= 4 is 27.6 Å². The highest BCUT2D eigenvalue weighted by Gasteiger charge is 2.33. The molecule has 0 aliphatic heterocycles. The Kier molecular flexibility index (Phi) is 4.07. The second-order valence-electron chi connectivity index (χ2n) is 3.20. The number of aliphatic hydroxyl groups is 1. The van der Waals surface area contributed by atoms with Crippen LogP contribution in [0.4, 0.5) is 18.9 Å². The van der Waals surface area contributed by atoms with Crippen LogP contribution in [-0.4, -0.2) is 22.5 Å². The Morgan fingerprint density at radius 2 is 2.00 bits per heavy atom. The Morgan fingerprint density at radius 3 is 2.44 bits per heavy atom. The van der Waals surface area contributed by atoms with Gasteiger partial charge in [-0.15, -0.1) is 13.2 Å². The van der Waals surface area contributed by atoms with E-state index in [0.717, 1.165) is 12.1 Å². The van der Waals surface area contributed by atoms with Crippen molar-refractivity contribution in [2.24, 2.45) is 0 Å². The molecule has 0 saturated carbocycles. The van der Waals surface area contributed by atoms with E-state index in [1.165, 1.54) is 0 Å². The average molecular weight is 330 g/mol. The Morgan fingerprint density at radius 1 is 1.44 bits per heavy atom. The summed E-state index contributed by atoms with van der Waals surface area (Å²) in [5.41, 5.74) is 4.34. The Bertz CT molecular complexity index is 478. The number of hydrogen-bond donors (Lipinski definition) is 3. The molecule has 0 amide bonds. The summed E-state index contributed by atoms with van der Waals surface area (Å²) in [6, 6.07) is 2.01. The minimum absolute atomic E-state index is 0.0891. The molecule has 9 heteroatoms. The zero-order valence-corrected chi connectivity index (χ0v) is 10.1. The number of hydrogen-bond acceptors (Lipinski definition) is 4. The number of carboxylic acid groups (broad SMARTS) is 1. The molecule has 4 N–H and O–H groups in total. The third-order valence-corrected chi connectivity index (χ3v) is 2.35. The molecule has 18 heavy (non-hydrogen) atoms. The van der Waals surface area contributed by atoms with Gasteiger partial charge in [0.25, 0.3) is 0 Å². The Labute approximate surface area is 107 Å². The van der Waals surface area contributed by atoms with Crippen molar-refractivity contribution in [3.05, 3.63) is 22.2 Å². The van der Waals surface area contributed by atoms with E-state index in [1.807, 2.05) is 0 Å². The van der Waals surface area contributed by atoms with Crippen LogP contribution in [0.2, 0.25) is 0 Å². The summed E-state index contributed by atoms with van der Waals surface area (Å²) in [7, 11) is 0. The third-order valence-electron chi connectivity index (χ3n) is 1.89. The lowest BCUT2D eigenvalue weighted by molar-refractivity contribution is -0.274. The average Bonchev–Trinajstić information content (AvgIpc) is 2.19. The van der Waals surface area contributed by atoms with Crippen LogP contribution >= 0.6 is 15.9 Å². The van der Waals surface area contributed by atoms with Crippen molar-refractivity contribution in [2.75, 3.05) is 5.73 Å². The van der Waals surface area contributed by atoms with E-state index in [0.29, 0.717) is 0 Å². The standard InChI is InChI=1S/C9H7BrF3NO4/c10-3-1-4(7(15)8(16)17)6(14)5(2-3)18-9(11,12)13/h1-2,7,15H,14H2,(H,16,17). The maximum atomic E-state index is 12.1. The Balaban J connectivity index is 3.26. The van der Waals surface area contributed by atoms with Crippen molar-refractivity contribution in [3.8, 4) is 5.75 Å². The quantitative estimate of drug-likeness (QED) is 0.738. The molecular weight excluding hydrogens is 323 g/mol. The van der Waals surface area contributed by atoms with Crippen LogP contribution < -0.4 is 10.5 Å². The molecule has 0 bridgehead atoms. The van der Waals surface area contributed by atoms with Gasteiger partial charge in [0.15, 0.2) is 11.9 Å². The van der Waals surface area contributed by atoms with Gasteiger partial charge < -0.3 is 20.7 Å². The molecule has 1 rings (SSSR count).